The molecule has 1 aliphatic heterocycles. The Labute approximate surface area is 156 Å². The van der Waals surface area contributed by atoms with E-state index in [9.17, 15) is 18.5 Å². The van der Waals surface area contributed by atoms with Crippen LogP contribution in [0, 0.1) is 17.0 Å². The van der Waals surface area contributed by atoms with Gasteiger partial charge < -0.3 is 4.74 Å². The summed E-state index contributed by atoms with van der Waals surface area (Å²) in [5.41, 5.74) is 1.36. The normalized spacial score (nSPS) is 18.0. The molecular formula is C17H18N2O5S2. The fourth-order valence-corrected chi connectivity index (χ4v) is 6.04. The molecule has 7 nitrogen and oxygen atoms in total. The zero-order valence-electron chi connectivity index (χ0n) is 14.3. The molecule has 1 heterocycles. The van der Waals surface area contributed by atoms with E-state index >= 15 is 0 Å². The highest BCUT2D eigenvalue weighted by Crippen LogP contribution is 2.43. The molecule has 26 heavy (non-hydrogen) atoms. The first kappa shape index (κ1) is 18.7. The summed E-state index contributed by atoms with van der Waals surface area (Å²) in [5, 5.41) is 10.8. The van der Waals surface area contributed by atoms with Crippen LogP contribution in [0.3, 0.4) is 0 Å². The minimum Gasteiger partial charge on any atom is -0.490 e. The van der Waals surface area contributed by atoms with E-state index in [0.29, 0.717) is 17.9 Å². The number of sulfonamides is 1. The van der Waals surface area contributed by atoms with Gasteiger partial charge in [-0.15, -0.1) is 11.8 Å². The summed E-state index contributed by atoms with van der Waals surface area (Å²) >= 11 is 1.45. The number of methoxy groups -OCH3 is 1. The van der Waals surface area contributed by atoms with Crippen molar-refractivity contribution in [1.82, 2.24) is 4.31 Å². The molecule has 0 spiro atoms. The predicted molar refractivity (Wildman–Crippen MR) is 99.9 cm³/mol. The first-order valence-corrected chi connectivity index (χ1v) is 10.4. The predicted octanol–water partition coefficient (Wildman–Crippen LogP) is 3.35. The third-order valence-corrected chi connectivity index (χ3v) is 7.43. The van der Waals surface area contributed by atoms with Crippen LogP contribution in [-0.4, -0.2) is 37.1 Å². The molecule has 2 aromatic rings. The van der Waals surface area contributed by atoms with Crippen molar-refractivity contribution in [2.45, 2.75) is 17.2 Å². The van der Waals surface area contributed by atoms with Gasteiger partial charge in [-0.3, -0.25) is 10.1 Å². The molecule has 1 atom stereocenters. The van der Waals surface area contributed by atoms with Crippen molar-refractivity contribution in [3.63, 3.8) is 0 Å². The molecule has 1 unspecified atom stereocenters. The number of benzene rings is 2. The van der Waals surface area contributed by atoms with Crippen LogP contribution in [0.4, 0.5) is 5.69 Å². The van der Waals surface area contributed by atoms with Crippen LogP contribution < -0.4 is 4.74 Å². The molecule has 1 saturated heterocycles. The molecule has 0 aliphatic carbocycles. The zero-order valence-corrected chi connectivity index (χ0v) is 15.9. The molecule has 1 fully saturated rings. The second-order valence-electron chi connectivity index (χ2n) is 5.84. The number of nitro groups is 1. The van der Waals surface area contributed by atoms with E-state index in [4.69, 9.17) is 4.74 Å². The molecule has 1 aliphatic rings. The molecule has 0 bridgehead atoms. The Morgan fingerprint density at radius 3 is 2.54 bits per heavy atom. The summed E-state index contributed by atoms with van der Waals surface area (Å²) in [4.78, 5) is 11.0. The standard InChI is InChI=1S/C17H18N2O5S2/c1-12-3-6-14(7-4-12)26(22,23)18-9-10-25-17(18)13-5-8-16(24-2)15(11-13)19(20)21/h3-8,11,17H,9-10H2,1-2H3. The Morgan fingerprint density at radius 2 is 1.92 bits per heavy atom. The van der Waals surface area contributed by atoms with Crippen molar-refractivity contribution in [2.24, 2.45) is 0 Å². The van der Waals surface area contributed by atoms with Crippen LogP contribution in [-0.2, 0) is 10.0 Å². The molecule has 9 heteroatoms. The smallest absolute Gasteiger partial charge is 0.311 e. The SMILES string of the molecule is COc1ccc(C2SCCN2S(=O)(=O)c2ccc(C)cc2)cc1[N+](=O)[O-]. The van der Waals surface area contributed by atoms with Gasteiger partial charge in [0.1, 0.15) is 0 Å². The Morgan fingerprint density at radius 1 is 1.23 bits per heavy atom. The van der Waals surface area contributed by atoms with Gasteiger partial charge in [-0.05, 0) is 30.7 Å². The Kier molecular flexibility index (Phi) is 5.22. The fourth-order valence-electron chi connectivity index (χ4n) is 2.81. The van der Waals surface area contributed by atoms with Crippen molar-refractivity contribution < 1.29 is 18.1 Å². The van der Waals surface area contributed by atoms with Crippen LogP contribution in [0.2, 0.25) is 0 Å². The number of ether oxygens (including phenoxy) is 1. The van der Waals surface area contributed by atoms with E-state index < -0.39 is 20.3 Å². The first-order valence-electron chi connectivity index (χ1n) is 7.87. The first-order chi connectivity index (χ1) is 12.3. The summed E-state index contributed by atoms with van der Waals surface area (Å²) in [7, 11) is -2.33. The Bertz CT molecular complexity index is 929. The van der Waals surface area contributed by atoms with E-state index in [1.807, 2.05) is 6.92 Å². The van der Waals surface area contributed by atoms with Crippen molar-refractivity contribution in [3.8, 4) is 5.75 Å². The topological polar surface area (TPSA) is 89.8 Å². The largest absolute Gasteiger partial charge is 0.490 e. The second-order valence-corrected chi connectivity index (χ2v) is 8.92. The highest BCUT2D eigenvalue weighted by molar-refractivity contribution is 8.01. The lowest BCUT2D eigenvalue weighted by molar-refractivity contribution is -0.385. The van der Waals surface area contributed by atoms with Crippen LogP contribution in [0.25, 0.3) is 0 Å². The van der Waals surface area contributed by atoms with E-state index in [1.165, 1.54) is 35.3 Å². The van der Waals surface area contributed by atoms with Crippen molar-refractivity contribution in [3.05, 3.63) is 63.7 Å². The van der Waals surface area contributed by atoms with Gasteiger partial charge in [0, 0.05) is 18.4 Å². The second kappa shape index (κ2) is 7.26. The number of rotatable bonds is 5. The van der Waals surface area contributed by atoms with Crippen LogP contribution in [0.15, 0.2) is 47.4 Å². The summed E-state index contributed by atoms with van der Waals surface area (Å²) < 4.78 is 32.5. The number of hydrogen-bond acceptors (Lipinski definition) is 6. The van der Waals surface area contributed by atoms with E-state index in [0.717, 1.165) is 5.56 Å². The monoisotopic (exact) mass is 394 g/mol. The van der Waals surface area contributed by atoms with Crippen molar-refractivity contribution in [2.75, 3.05) is 19.4 Å². The minimum atomic E-state index is -3.69. The van der Waals surface area contributed by atoms with E-state index in [1.54, 1.807) is 30.3 Å². The highest BCUT2D eigenvalue weighted by atomic mass is 32.2. The molecule has 0 N–H and O–H groups in total. The zero-order chi connectivity index (χ0) is 18.9. The number of hydrogen-bond donors (Lipinski definition) is 0. The van der Waals surface area contributed by atoms with Gasteiger partial charge in [-0.2, -0.15) is 4.31 Å². The maximum Gasteiger partial charge on any atom is 0.311 e. The van der Waals surface area contributed by atoms with Gasteiger partial charge in [0.2, 0.25) is 10.0 Å². The van der Waals surface area contributed by atoms with Crippen molar-refractivity contribution >= 4 is 27.5 Å². The quantitative estimate of drug-likeness (QED) is 0.571. The van der Waals surface area contributed by atoms with Gasteiger partial charge in [0.25, 0.3) is 0 Å². The minimum absolute atomic E-state index is 0.148. The Hall–Kier alpha value is -2.10. The lowest BCUT2D eigenvalue weighted by atomic mass is 10.2. The van der Waals surface area contributed by atoms with Gasteiger partial charge in [-0.25, -0.2) is 8.42 Å². The number of aryl methyl sites for hydroxylation is 1. The molecule has 138 valence electrons. The van der Waals surface area contributed by atoms with E-state index in [-0.39, 0.29) is 16.3 Å². The average Bonchev–Trinajstić information content (AvgIpc) is 3.12. The van der Waals surface area contributed by atoms with Gasteiger partial charge in [0.15, 0.2) is 5.75 Å². The fraction of sp³-hybridized carbons (Fsp3) is 0.294. The lowest BCUT2D eigenvalue weighted by Crippen LogP contribution is -2.30. The average molecular weight is 394 g/mol. The summed E-state index contributed by atoms with van der Waals surface area (Å²) in [6.45, 7) is 2.24. The number of nitro benzene ring substituents is 1. The lowest BCUT2D eigenvalue weighted by Gasteiger charge is -2.23. The summed E-state index contributed by atoms with van der Waals surface area (Å²) in [6, 6.07) is 11.2. The highest BCUT2D eigenvalue weighted by Gasteiger charge is 2.37. The van der Waals surface area contributed by atoms with Crippen LogP contribution in [0.5, 0.6) is 5.75 Å². The van der Waals surface area contributed by atoms with E-state index in [2.05, 4.69) is 0 Å². The maximum atomic E-state index is 13.0. The Balaban J connectivity index is 1.99. The number of nitrogens with zero attached hydrogens (tertiary/aromatic N) is 2. The maximum absolute atomic E-state index is 13.0. The van der Waals surface area contributed by atoms with Crippen LogP contribution in [0.1, 0.15) is 16.5 Å². The number of thioether (sulfide) groups is 1. The third kappa shape index (κ3) is 3.42. The molecule has 0 amide bonds. The molecule has 0 aromatic heterocycles. The molecular weight excluding hydrogens is 376 g/mol. The van der Waals surface area contributed by atoms with Crippen molar-refractivity contribution in [1.29, 1.82) is 0 Å². The molecule has 0 saturated carbocycles. The summed E-state index contributed by atoms with van der Waals surface area (Å²) in [5.74, 6) is 0.768. The summed E-state index contributed by atoms with van der Waals surface area (Å²) in [6.07, 6.45) is 0. The third-order valence-electron chi connectivity index (χ3n) is 4.16. The van der Waals surface area contributed by atoms with Crippen LogP contribution >= 0.6 is 11.8 Å². The molecule has 3 rings (SSSR count). The molecule has 2 aromatic carbocycles. The van der Waals surface area contributed by atoms with Gasteiger partial charge in [0.05, 0.1) is 22.3 Å². The van der Waals surface area contributed by atoms with Gasteiger partial charge in [-0.1, -0.05) is 23.8 Å². The molecule has 0 radical (unpaired) electrons. The van der Waals surface area contributed by atoms with Gasteiger partial charge >= 0.3 is 5.69 Å².